The van der Waals surface area contributed by atoms with Crippen molar-refractivity contribution in [2.45, 2.75) is 39.4 Å². The van der Waals surface area contributed by atoms with Gasteiger partial charge in [-0.25, -0.2) is 0 Å². The van der Waals surface area contributed by atoms with Crippen molar-refractivity contribution in [3.8, 4) is 0 Å². The topological polar surface area (TPSA) is 105 Å². The van der Waals surface area contributed by atoms with Gasteiger partial charge in [-0.2, -0.15) is 0 Å². The minimum atomic E-state index is -1.77. The van der Waals surface area contributed by atoms with Gasteiger partial charge in [0.25, 0.3) is 0 Å². The molecule has 0 spiro atoms. The second-order valence-electron chi connectivity index (χ2n) is 5.92. The first-order chi connectivity index (χ1) is 12.9. The minimum Gasteiger partial charge on any atom is -0.465 e. The maximum absolute atomic E-state index is 12.9. The van der Waals surface area contributed by atoms with Crippen molar-refractivity contribution in [2.24, 2.45) is 11.3 Å². The highest BCUT2D eigenvalue weighted by Crippen LogP contribution is 2.45. The molecule has 0 unspecified atom stereocenters. The molecule has 1 rings (SSSR count). The molecule has 152 valence electrons. The molecule has 0 saturated carbocycles. The van der Waals surface area contributed by atoms with E-state index in [4.69, 9.17) is 30.5 Å². The van der Waals surface area contributed by atoms with Gasteiger partial charge in [-0.05, 0) is 19.9 Å². The number of ether oxygens (including phenoxy) is 4. The zero-order chi connectivity index (χ0) is 20.4. The van der Waals surface area contributed by atoms with Gasteiger partial charge in [0, 0.05) is 25.1 Å². The summed E-state index contributed by atoms with van der Waals surface area (Å²) in [5.41, 5.74) is -1.77. The van der Waals surface area contributed by atoms with Gasteiger partial charge in [-0.15, -0.1) is 11.6 Å². The molecular formula is C18H25ClO8. The number of hydrogen-bond acceptors (Lipinski definition) is 8. The first-order valence-corrected chi connectivity index (χ1v) is 9.21. The van der Waals surface area contributed by atoms with Crippen LogP contribution in [0.5, 0.6) is 0 Å². The van der Waals surface area contributed by atoms with Gasteiger partial charge < -0.3 is 18.9 Å². The fraction of sp³-hybridized carbons (Fsp3) is 0.667. The first kappa shape index (κ1) is 23.1. The lowest BCUT2D eigenvalue weighted by atomic mass is 9.67. The summed E-state index contributed by atoms with van der Waals surface area (Å²) in [5.74, 6) is -3.09. The SMILES string of the molecule is CCOC(=O)C1(C(=O)OCC)C[C@H](CCl)O[C@H](COC(C)=O)[C@@H]1/C=C/C=O. The number of halogens is 1. The van der Waals surface area contributed by atoms with E-state index in [9.17, 15) is 19.2 Å². The fourth-order valence-electron chi connectivity index (χ4n) is 3.12. The van der Waals surface area contributed by atoms with Crippen molar-refractivity contribution in [3.05, 3.63) is 12.2 Å². The van der Waals surface area contributed by atoms with E-state index in [1.807, 2.05) is 0 Å². The van der Waals surface area contributed by atoms with Gasteiger partial charge in [0.05, 0.1) is 25.4 Å². The molecule has 0 bridgehead atoms. The average Bonchev–Trinajstić information content (AvgIpc) is 2.64. The molecule has 1 heterocycles. The van der Waals surface area contributed by atoms with E-state index < -0.39 is 41.4 Å². The standard InChI is InChI=1S/C18H25ClO8/c1-4-24-16(22)18(17(23)25-5-2)9-13(10-19)27-15(11-26-12(3)21)14(18)7-6-8-20/h6-8,13-15H,4-5,9-11H2,1-3H3/b7-6+/t13-,14+,15-/m1/s1. The second kappa shape index (κ2) is 11.0. The summed E-state index contributed by atoms with van der Waals surface area (Å²) in [6.07, 6.45) is 1.39. The van der Waals surface area contributed by atoms with Gasteiger partial charge >= 0.3 is 17.9 Å². The number of esters is 3. The van der Waals surface area contributed by atoms with Gasteiger partial charge in [0.1, 0.15) is 12.9 Å². The van der Waals surface area contributed by atoms with Crippen LogP contribution < -0.4 is 0 Å². The monoisotopic (exact) mass is 404 g/mol. The van der Waals surface area contributed by atoms with Crippen molar-refractivity contribution >= 4 is 35.8 Å². The summed E-state index contributed by atoms with van der Waals surface area (Å²) in [6, 6.07) is 0. The Hall–Kier alpha value is -1.93. The summed E-state index contributed by atoms with van der Waals surface area (Å²) in [5, 5.41) is 0. The lowest BCUT2D eigenvalue weighted by molar-refractivity contribution is -0.201. The van der Waals surface area contributed by atoms with Crippen LogP contribution in [0.15, 0.2) is 12.2 Å². The Kier molecular flexibility index (Phi) is 9.45. The van der Waals surface area contributed by atoms with E-state index in [0.29, 0.717) is 6.29 Å². The van der Waals surface area contributed by atoms with E-state index in [1.54, 1.807) is 13.8 Å². The van der Waals surface area contributed by atoms with Crippen LogP contribution in [0.2, 0.25) is 0 Å². The molecule has 0 aromatic rings. The number of rotatable bonds is 9. The van der Waals surface area contributed by atoms with Crippen molar-refractivity contribution in [1.29, 1.82) is 0 Å². The van der Waals surface area contributed by atoms with Crippen molar-refractivity contribution < 1.29 is 38.1 Å². The molecule has 1 fully saturated rings. The quantitative estimate of drug-likeness (QED) is 0.142. The second-order valence-corrected chi connectivity index (χ2v) is 6.23. The summed E-state index contributed by atoms with van der Waals surface area (Å²) in [4.78, 5) is 47.9. The summed E-state index contributed by atoms with van der Waals surface area (Å²) in [6.45, 7) is 4.32. The van der Waals surface area contributed by atoms with E-state index in [2.05, 4.69) is 0 Å². The summed E-state index contributed by atoms with van der Waals surface area (Å²) in [7, 11) is 0. The average molecular weight is 405 g/mol. The van der Waals surface area contributed by atoms with Crippen molar-refractivity contribution in [2.75, 3.05) is 25.7 Å². The summed E-state index contributed by atoms with van der Waals surface area (Å²) >= 11 is 5.94. The van der Waals surface area contributed by atoms with Crippen LogP contribution >= 0.6 is 11.6 Å². The maximum Gasteiger partial charge on any atom is 0.324 e. The number of aldehydes is 1. The van der Waals surface area contributed by atoms with Crippen LogP contribution in [-0.2, 0) is 38.1 Å². The normalized spacial score (nSPS) is 24.2. The smallest absolute Gasteiger partial charge is 0.324 e. The van der Waals surface area contributed by atoms with E-state index >= 15 is 0 Å². The maximum atomic E-state index is 12.9. The van der Waals surface area contributed by atoms with Crippen LogP contribution in [0.4, 0.5) is 0 Å². The number of carbonyl (C=O) groups is 4. The molecule has 0 aromatic heterocycles. The van der Waals surface area contributed by atoms with Gasteiger partial charge in [0.2, 0.25) is 0 Å². The Morgan fingerprint density at radius 2 is 1.74 bits per heavy atom. The van der Waals surface area contributed by atoms with Crippen molar-refractivity contribution in [1.82, 2.24) is 0 Å². The van der Waals surface area contributed by atoms with Gasteiger partial charge in [-0.1, -0.05) is 6.08 Å². The highest BCUT2D eigenvalue weighted by Gasteiger charge is 2.60. The van der Waals surface area contributed by atoms with Crippen LogP contribution in [0.1, 0.15) is 27.2 Å². The largest absolute Gasteiger partial charge is 0.465 e. The van der Waals surface area contributed by atoms with E-state index in [1.165, 1.54) is 13.0 Å². The lowest BCUT2D eigenvalue weighted by Gasteiger charge is -2.45. The molecule has 0 radical (unpaired) electrons. The highest BCUT2D eigenvalue weighted by molar-refractivity contribution is 6.18. The molecule has 0 aliphatic carbocycles. The molecule has 8 nitrogen and oxygen atoms in total. The summed E-state index contributed by atoms with van der Waals surface area (Å²) < 4.78 is 21.2. The zero-order valence-electron chi connectivity index (χ0n) is 15.6. The van der Waals surface area contributed by atoms with Crippen LogP contribution in [0, 0.1) is 11.3 Å². The molecule has 1 aliphatic heterocycles. The predicted octanol–water partition coefficient (Wildman–Crippen LogP) is 1.43. The Morgan fingerprint density at radius 3 is 2.19 bits per heavy atom. The molecule has 9 heteroatoms. The van der Waals surface area contributed by atoms with Gasteiger partial charge in [0.15, 0.2) is 5.41 Å². The minimum absolute atomic E-state index is 0.00124. The molecule has 0 amide bonds. The van der Waals surface area contributed by atoms with Crippen LogP contribution in [-0.4, -0.2) is 62.1 Å². The molecular weight excluding hydrogens is 380 g/mol. The third-order valence-corrected chi connectivity index (χ3v) is 4.53. The Morgan fingerprint density at radius 1 is 1.15 bits per heavy atom. The highest BCUT2D eigenvalue weighted by atomic mass is 35.5. The van der Waals surface area contributed by atoms with Gasteiger partial charge in [-0.3, -0.25) is 19.2 Å². The Labute approximate surface area is 163 Å². The number of alkyl halides is 1. The zero-order valence-corrected chi connectivity index (χ0v) is 16.4. The Bertz CT molecular complexity index is 556. The van der Waals surface area contributed by atoms with E-state index in [0.717, 1.165) is 6.08 Å². The Balaban J connectivity index is 3.48. The number of hydrogen-bond donors (Lipinski definition) is 0. The third kappa shape index (κ3) is 5.52. The lowest BCUT2D eigenvalue weighted by Crippen LogP contribution is -2.58. The number of carbonyl (C=O) groups excluding carboxylic acids is 4. The first-order valence-electron chi connectivity index (χ1n) is 8.68. The molecule has 3 atom stereocenters. The molecule has 1 saturated heterocycles. The molecule has 0 aromatic carbocycles. The molecule has 27 heavy (non-hydrogen) atoms. The molecule has 1 aliphatic rings. The third-order valence-electron chi connectivity index (χ3n) is 4.19. The predicted molar refractivity (Wildman–Crippen MR) is 95.0 cm³/mol. The fourth-order valence-corrected chi connectivity index (χ4v) is 3.30. The number of allylic oxidation sites excluding steroid dienone is 1. The van der Waals surface area contributed by atoms with E-state index in [-0.39, 0.29) is 32.1 Å². The molecule has 0 N–H and O–H groups in total. The van der Waals surface area contributed by atoms with Crippen molar-refractivity contribution in [3.63, 3.8) is 0 Å². The van der Waals surface area contributed by atoms with Crippen LogP contribution in [0.3, 0.4) is 0 Å². The van der Waals surface area contributed by atoms with Crippen LogP contribution in [0.25, 0.3) is 0 Å².